The molecule has 1 amide bonds. The van der Waals surface area contributed by atoms with Crippen LogP contribution in [0.5, 0.6) is 0 Å². The van der Waals surface area contributed by atoms with Gasteiger partial charge in [-0.1, -0.05) is 13.8 Å². The average Bonchev–Trinajstić information content (AvgIpc) is 2.54. The predicted octanol–water partition coefficient (Wildman–Crippen LogP) is 2.68. The van der Waals surface area contributed by atoms with Crippen molar-refractivity contribution in [2.75, 3.05) is 18.0 Å². The van der Waals surface area contributed by atoms with Gasteiger partial charge >= 0.3 is 0 Å². The minimum Gasteiger partial charge on any atom is -0.357 e. The van der Waals surface area contributed by atoms with Gasteiger partial charge in [0.1, 0.15) is 12.0 Å². The molecule has 1 aromatic rings. The summed E-state index contributed by atoms with van der Waals surface area (Å²) in [5, 5.41) is 14.0. The number of amides is 1. The van der Waals surface area contributed by atoms with Gasteiger partial charge in [0.05, 0.1) is 4.92 Å². The lowest BCUT2D eigenvalue weighted by atomic mass is 9.94. The number of hydrogen-bond acceptors (Lipinski definition) is 5. The molecule has 0 saturated carbocycles. The van der Waals surface area contributed by atoms with E-state index in [-0.39, 0.29) is 23.6 Å². The van der Waals surface area contributed by atoms with Crippen LogP contribution in [0.25, 0.3) is 0 Å². The van der Waals surface area contributed by atoms with Crippen molar-refractivity contribution in [1.29, 1.82) is 0 Å². The highest BCUT2D eigenvalue weighted by atomic mass is 16.6. The first-order valence-corrected chi connectivity index (χ1v) is 8.46. The molecule has 7 heteroatoms. The van der Waals surface area contributed by atoms with Crippen LogP contribution in [0.3, 0.4) is 0 Å². The lowest BCUT2D eigenvalue weighted by Gasteiger charge is -2.33. The lowest BCUT2D eigenvalue weighted by molar-refractivity contribution is -0.385. The van der Waals surface area contributed by atoms with Gasteiger partial charge in [-0.2, -0.15) is 0 Å². The van der Waals surface area contributed by atoms with Gasteiger partial charge in [-0.15, -0.1) is 0 Å². The van der Waals surface area contributed by atoms with E-state index >= 15 is 0 Å². The van der Waals surface area contributed by atoms with Gasteiger partial charge in [0.15, 0.2) is 0 Å². The van der Waals surface area contributed by atoms with Gasteiger partial charge in [0.2, 0.25) is 5.91 Å². The quantitative estimate of drug-likeness (QED) is 0.660. The molecule has 0 aliphatic carbocycles. The monoisotopic (exact) mass is 334 g/mol. The van der Waals surface area contributed by atoms with Crippen molar-refractivity contribution < 1.29 is 9.72 Å². The summed E-state index contributed by atoms with van der Waals surface area (Å²) in [5.41, 5.74) is 0.645. The fourth-order valence-corrected chi connectivity index (χ4v) is 2.78. The summed E-state index contributed by atoms with van der Waals surface area (Å²) in [6.07, 6.45) is 2.86. The number of carbonyl (C=O) groups excluding carboxylic acids is 1. The fourth-order valence-electron chi connectivity index (χ4n) is 2.78. The molecule has 2 rings (SSSR count). The Morgan fingerprint density at radius 2 is 2.00 bits per heavy atom. The summed E-state index contributed by atoms with van der Waals surface area (Å²) in [6, 6.07) is 1.92. The maximum Gasteiger partial charge on any atom is 0.290 e. The maximum absolute atomic E-state index is 12.3. The molecule has 1 atom stereocenters. The Morgan fingerprint density at radius 1 is 1.38 bits per heavy atom. The predicted molar refractivity (Wildman–Crippen MR) is 93.0 cm³/mol. The second-order valence-corrected chi connectivity index (χ2v) is 6.89. The largest absolute Gasteiger partial charge is 0.357 e. The zero-order chi connectivity index (χ0) is 17.9. The molecule has 24 heavy (non-hydrogen) atoms. The number of aromatic nitrogens is 1. The summed E-state index contributed by atoms with van der Waals surface area (Å²) in [5.74, 6) is 1.32. The summed E-state index contributed by atoms with van der Waals surface area (Å²) >= 11 is 0. The highest BCUT2D eigenvalue weighted by Crippen LogP contribution is 2.25. The lowest BCUT2D eigenvalue weighted by Crippen LogP contribution is -2.44. The van der Waals surface area contributed by atoms with Crippen molar-refractivity contribution in [3.63, 3.8) is 0 Å². The van der Waals surface area contributed by atoms with Crippen LogP contribution in [0, 0.1) is 28.9 Å². The molecular formula is C17H26N4O3. The molecular weight excluding hydrogens is 308 g/mol. The normalized spacial score (nSPS) is 17.0. The number of carbonyl (C=O) groups is 1. The Morgan fingerprint density at radius 3 is 2.50 bits per heavy atom. The summed E-state index contributed by atoms with van der Waals surface area (Å²) in [7, 11) is 0. The summed E-state index contributed by atoms with van der Waals surface area (Å²) in [6.45, 7) is 9.40. The van der Waals surface area contributed by atoms with Crippen LogP contribution in [0.2, 0.25) is 0 Å². The molecule has 7 nitrogen and oxygen atoms in total. The van der Waals surface area contributed by atoms with Crippen molar-refractivity contribution in [1.82, 2.24) is 10.3 Å². The van der Waals surface area contributed by atoms with Crippen LogP contribution >= 0.6 is 0 Å². The van der Waals surface area contributed by atoms with E-state index in [1.165, 1.54) is 6.20 Å². The first-order valence-electron chi connectivity index (χ1n) is 8.46. The zero-order valence-electron chi connectivity index (χ0n) is 14.8. The van der Waals surface area contributed by atoms with Crippen LogP contribution in [0.15, 0.2) is 12.3 Å². The first kappa shape index (κ1) is 18.2. The number of nitro groups is 1. The number of nitrogens with one attached hydrogen (secondary N) is 1. The molecule has 2 heterocycles. The number of piperidine rings is 1. The van der Waals surface area contributed by atoms with Gasteiger partial charge in [-0.3, -0.25) is 14.9 Å². The molecule has 0 spiro atoms. The molecule has 0 aromatic carbocycles. The number of rotatable bonds is 5. The Hall–Kier alpha value is -2.18. The van der Waals surface area contributed by atoms with Crippen LogP contribution in [0.1, 0.15) is 39.2 Å². The van der Waals surface area contributed by atoms with E-state index in [9.17, 15) is 14.9 Å². The van der Waals surface area contributed by atoms with Gasteiger partial charge < -0.3 is 10.2 Å². The van der Waals surface area contributed by atoms with Crippen LogP contribution in [-0.2, 0) is 4.79 Å². The van der Waals surface area contributed by atoms with E-state index in [0.717, 1.165) is 31.7 Å². The molecule has 1 saturated heterocycles. The smallest absolute Gasteiger partial charge is 0.290 e. The third kappa shape index (κ3) is 4.21. The van der Waals surface area contributed by atoms with E-state index in [2.05, 4.69) is 29.0 Å². The number of hydrogen-bond donors (Lipinski definition) is 1. The summed E-state index contributed by atoms with van der Waals surface area (Å²) in [4.78, 5) is 29.1. The number of pyridine rings is 1. The van der Waals surface area contributed by atoms with Crippen molar-refractivity contribution >= 4 is 17.4 Å². The molecule has 1 aromatic heterocycles. The van der Waals surface area contributed by atoms with Gasteiger partial charge in [0, 0.05) is 30.6 Å². The molecule has 1 aliphatic heterocycles. The Bertz CT molecular complexity index is 610. The number of aryl methyl sites for hydroxylation is 1. The van der Waals surface area contributed by atoms with E-state index in [0.29, 0.717) is 11.5 Å². The maximum atomic E-state index is 12.3. The topological polar surface area (TPSA) is 88.4 Å². The van der Waals surface area contributed by atoms with Gasteiger partial charge in [0.25, 0.3) is 5.69 Å². The van der Waals surface area contributed by atoms with Crippen molar-refractivity contribution in [3.8, 4) is 0 Å². The molecule has 1 fully saturated rings. The van der Waals surface area contributed by atoms with Gasteiger partial charge in [-0.05, 0) is 38.7 Å². The van der Waals surface area contributed by atoms with Crippen molar-refractivity contribution in [2.45, 2.75) is 46.6 Å². The Balaban J connectivity index is 1.94. The Kier molecular flexibility index (Phi) is 5.75. The highest BCUT2D eigenvalue weighted by molar-refractivity contribution is 5.79. The molecule has 1 unspecified atom stereocenters. The minimum absolute atomic E-state index is 0.0293. The number of nitrogens with zero attached hydrogens (tertiary/aromatic N) is 3. The fraction of sp³-hybridized carbons (Fsp3) is 0.647. The molecule has 0 bridgehead atoms. The molecule has 1 aliphatic rings. The summed E-state index contributed by atoms with van der Waals surface area (Å²) < 4.78 is 0. The Labute approximate surface area is 142 Å². The highest BCUT2D eigenvalue weighted by Gasteiger charge is 2.27. The second-order valence-electron chi connectivity index (χ2n) is 6.89. The third-order valence-corrected chi connectivity index (χ3v) is 4.83. The first-order chi connectivity index (χ1) is 11.3. The standard InChI is InChI=1S/C17H26N4O3/c1-11(2)13(4)19-17(22)14-5-7-20(8-6-14)16-9-12(3)15(10-18-16)21(23)24/h9-11,13-14H,5-8H2,1-4H3,(H,19,22). The molecule has 0 radical (unpaired) electrons. The van der Waals surface area contributed by atoms with Crippen LogP contribution < -0.4 is 10.2 Å². The molecule has 132 valence electrons. The van der Waals surface area contributed by atoms with E-state index in [1.54, 1.807) is 13.0 Å². The van der Waals surface area contributed by atoms with Crippen LogP contribution in [0.4, 0.5) is 11.5 Å². The average molecular weight is 334 g/mol. The molecule has 1 N–H and O–H groups in total. The second kappa shape index (κ2) is 7.59. The third-order valence-electron chi connectivity index (χ3n) is 4.83. The number of anilines is 1. The van der Waals surface area contributed by atoms with Crippen molar-refractivity contribution in [2.24, 2.45) is 11.8 Å². The van der Waals surface area contributed by atoms with E-state index < -0.39 is 4.92 Å². The SMILES string of the molecule is Cc1cc(N2CCC(C(=O)NC(C)C(C)C)CC2)ncc1[N+](=O)[O-]. The van der Waals surface area contributed by atoms with Gasteiger partial charge in [-0.25, -0.2) is 4.98 Å². The van der Waals surface area contributed by atoms with Crippen LogP contribution in [-0.4, -0.2) is 34.9 Å². The minimum atomic E-state index is -0.418. The van der Waals surface area contributed by atoms with E-state index in [4.69, 9.17) is 0 Å². The van der Waals surface area contributed by atoms with Crippen molar-refractivity contribution in [3.05, 3.63) is 27.9 Å². The zero-order valence-corrected chi connectivity index (χ0v) is 14.8. The van der Waals surface area contributed by atoms with E-state index in [1.807, 2.05) is 6.92 Å².